The van der Waals surface area contributed by atoms with Crippen molar-refractivity contribution >= 4 is 17.7 Å². The van der Waals surface area contributed by atoms with Crippen molar-refractivity contribution in [2.75, 3.05) is 32.1 Å². The molecule has 0 spiro atoms. The highest BCUT2D eigenvalue weighted by atomic mass is 32.2. The van der Waals surface area contributed by atoms with E-state index in [-0.39, 0.29) is 0 Å². The van der Waals surface area contributed by atoms with Gasteiger partial charge in [-0.2, -0.15) is 11.8 Å². The van der Waals surface area contributed by atoms with E-state index in [1.54, 1.807) is 0 Å². The number of nitrogens with one attached hydrogen (secondary N) is 1. The molecule has 0 aromatic heterocycles. The van der Waals surface area contributed by atoms with E-state index < -0.39 is 0 Å². The van der Waals surface area contributed by atoms with Crippen LogP contribution in [0.3, 0.4) is 0 Å². The lowest BCUT2D eigenvalue weighted by Gasteiger charge is -2.19. The molecule has 0 saturated carbocycles. The minimum Gasteiger partial charge on any atom is -0.344 e. The molecule has 0 aromatic carbocycles. The molecular formula is C9H22N4S. The molecule has 0 saturated heterocycles. The zero-order valence-corrected chi connectivity index (χ0v) is 10.2. The summed E-state index contributed by atoms with van der Waals surface area (Å²) < 4.78 is 0. The fourth-order valence-corrected chi connectivity index (χ4v) is 1.41. The highest BCUT2D eigenvalue weighted by molar-refractivity contribution is 7.98. The van der Waals surface area contributed by atoms with Crippen LogP contribution in [0.25, 0.3) is 0 Å². The summed E-state index contributed by atoms with van der Waals surface area (Å²) in [5.74, 6) is 7.27. The van der Waals surface area contributed by atoms with Crippen molar-refractivity contribution in [3.8, 4) is 0 Å². The maximum atomic E-state index is 5.40. The number of hydrazine groups is 1. The van der Waals surface area contributed by atoms with E-state index >= 15 is 0 Å². The summed E-state index contributed by atoms with van der Waals surface area (Å²) in [5, 5.41) is 0. The SMILES string of the molecule is CCCCN=C(NN)N(C)CCSC. The number of thioether (sulfide) groups is 1. The Morgan fingerprint density at radius 2 is 2.29 bits per heavy atom. The number of unbranched alkanes of at least 4 members (excludes halogenated alkanes) is 1. The van der Waals surface area contributed by atoms with E-state index in [0.29, 0.717) is 0 Å². The molecule has 0 amide bonds. The van der Waals surface area contributed by atoms with E-state index in [2.05, 4.69) is 23.6 Å². The van der Waals surface area contributed by atoms with Gasteiger partial charge in [-0.3, -0.25) is 10.4 Å². The van der Waals surface area contributed by atoms with Gasteiger partial charge in [0.15, 0.2) is 0 Å². The van der Waals surface area contributed by atoms with Crippen LogP contribution in [0.1, 0.15) is 19.8 Å². The van der Waals surface area contributed by atoms with Crippen LogP contribution in [0, 0.1) is 0 Å². The van der Waals surface area contributed by atoms with Gasteiger partial charge in [0.05, 0.1) is 0 Å². The summed E-state index contributed by atoms with van der Waals surface area (Å²) >= 11 is 1.82. The molecule has 0 aromatic rings. The van der Waals surface area contributed by atoms with Crippen molar-refractivity contribution in [1.29, 1.82) is 0 Å². The van der Waals surface area contributed by atoms with Crippen LogP contribution in [0.4, 0.5) is 0 Å². The maximum Gasteiger partial charge on any atom is 0.208 e. The maximum absolute atomic E-state index is 5.40. The normalized spacial score (nSPS) is 11.6. The smallest absolute Gasteiger partial charge is 0.208 e. The molecule has 0 bridgehead atoms. The first-order valence-electron chi connectivity index (χ1n) is 4.97. The predicted molar refractivity (Wildman–Crippen MR) is 65.5 cm³/mol. The summed E-state index contributed by atoms with van der Waals surface area (Å²) in [7, 11) is 2.00. The zero-order valence-electron chi connectivity index (χ0n) is 9.42. The molecule has 0 aliphatic carbocycles. The van der Waals surface area contributed by atoms with E-state index in [0.717, 1.165) is 37.6 Å². The fraction of sp³-hybridized carbons (Fsp3) is 0.889. The molecule has 0 aliphatic rings. The highest BCUT2D eigenvalue weighted by Crippen LogP contribution is 1.94. The fourth-order valence-electron chi connectivity index (χ4n) is 0.954. The summed E-state index contributed by atoms with van der Waals surface area (Å²) in [5.41, 5.74) is 2.64. The molecule has 0 atom stereocenters. The standard InChI is InChI=1S/C9H22N4S/c1-4-5-6-11-9(12-10)13(2)7-8-14-3/h4-8,10H2,1-3H3,(H,11,12). The Morgan fingerprint density at radius 3 is 2.79 bits per heavy atom. The first-order chi connectivity index (χ1) is 6.76. The van der Waals surface area contributed by atoms with Crippen LogP contribution in [-0.2, 0) is 0 Å². The van der Waals surface area contributed by atoms with Crippen molar-refractivity contribution in [3.63, 3.8) is 0 Å². The van der Waals surface area contributed by atoms with Gasteiger partial charge in [0.25, 0.3) is 0 Å². The van der Waals surface area contributed by atoms with Crippen molar-refractivity contribution < 1.29 is 0 Å². The molecule has 84 valence electrons. The second kappa shape index (κ2) is 9.15. The van der Waals surface area contributed by atoms with Gasteiger partial charge in [0.2, 0.25) is 5.96 Å². The molecule has 4 nitrogen and oxygen atoms in total. The number of aliphatic imine (C=N–C) groups is 1. The first-order valence-corrected chi connectivity index (χ1v) is 6.36. The van der Waals surface area contributed by atoms with Crippen molar-refractivity contribution in [2.45, 2.75) is 19.8 Å². The lowest BCUT2D eigenvalue weighted by atomic mass is 10.3. The van der Waals surface area contributed by atoms with Crippen LogP contribution in [-0.4, -0.2) is 43.0 Å². The van der Waals surface area contributed by atoms with Gasteiger partial charge in [-0.1, -0.05) is 13.3 Å². The van der Waals surface area contributed by atoms with Crippen molar-refractivity contribution in [2.24, 2.45) is 10.8 Å². The van der Waals surface area contributed by atoms with Crippen LogP contribution < -0.4 is 11.3 Å². The number of nitrogens with zero attached hydrogens (tertiary/aromatic N) is 2. The van der Waals surface area contributed by atoms with Crippen LogP contribution in [0.2, 0.25) is 0 Å². The van der Waals surface area contributed by atoms with Crippen LogP contribution in [0.5, 0.6) is 0 Å². The Kier molecular flexibility index (Phi) is 8.87. The second-order valence-electron chi connectivity index (χ2n) is 3.12. The molecule has 0 heterocycles. The van der Waals surface area contributed by atoms with Gasteiger partial charge in [0.1, 0.15) is 0 Å². The molecule has 3 N–H and O–H groups in total. The lowest BCUT2D eigenvalue weighted by molar-refractivity contribution is 0.512. The second-order valence-corrected chi connectivity index (χ2v) is 4.10. The average molecular weight is 218 g/mol. The largest absolute Gasteiger partial charge is 0.344 e. The summed E-state index contributed by atoms with van der Waals surface area (Å²) in [4.78, 5) is 6.43. The van der Waals surface area contributed by atoms with Gasteiger partial charge in [-0.05, 0) is 12.7 Å². The number of nitrogens with two attached hydrogens (primary N) is 1. The number of hydrogen-bond acceptors (Lipinski definition) is 3. The van der Waals surface area contributed by atoms with Gasteiger partial charge in [-0.15, -0.1) is 0 Å². The van der Waals surface area contributed by atoms with Gasteiger partial charge in [0, 0.05) is 25.9 Å². The lowest BCUT2D eigenvalue weighted by Crippen LogP contribution is -2.43. The van der Waals surface area contributed by atoms with E-state index in [1.807, 2.05) is 23.7 Å². The Bertz CT molecular complexity index is 161. The Morgan fingerprint density at radius 1 is 1.57 bits per heavy atom. The topological polar surface area (TPSA) is 53.6 Å². The summed E-state index contributed by atoms with van der Waals surface area (Å²) in [6, 6.07) is 0. The Labute approximate surface area is 91.3 Å². The third kappa shape index (κ3) is 6.10. The van der Waals surface area contributed by atoms with Gasteiger partial charge >= 0.3 is 0 Å². The predicted octanol–water partition coefficient (Wildman–Crippen LogP) is 0.901. The quantitative estimate of drug-likeness (QED) is 0.229. The highest BCUT2D eigenvalue weighted by Gasteiger charge is 2.02. The molecule has 0 rings (SSSR count). The number of guanidine groups is 1. The van der Waals surface area contributed by atoms with Crippen LogP contribution >= 0.6 is 11.8 Å². The molecule has 0 unspecified atom stereocenters. The molecular weight excluding hydrogens is 196 g/mol. The van der Waals surface area contributed by atoms with Gasteiger partial charge in [-0.25, -0.2) is 5.84 Å². The van der Waals surface area contributed by atoms with E-state index in [9.17, 15) is 0 Å². The summed E-state index contributed by atoms with van der Waals surface area (Å²) in [6.07, 6.45) is 4.37. The molecule has 0 fully saturated rings. The Hall–Kier alpha value is -0.420. The minimum atomic E-state index is 0.785. The molecule has 0 aliphatic heterocycles. The van der Waals surface area contributed by atoms with E-state index in [4.69, 9.17) is 5.84 Å². The monoisotopic (exact) mass is 218 g/mol. The molecule has 5 heteroatoms. The number of rotatable bonds is 6. The number of hydrogen-bond donors (Lipinski definition) is 2. The van der Waals surface area contributed by atoms with Gasteiger partial charge < -0.3 is 4.90 Å². The van der Waals surface area contributed by atoms with Crippen LogP contribution in [0.15, 0.2) is 4.99 Å². The van der Waals surface area contributed by atoms with E-state index in [1.165, 1.54) is 0 Å². The zero-order chi connectivity index (χ0) is 10.8. The minimum absolute atomic E-state index is 0.785. The van der Waals surface area contributed by atoms with Crippen molar-refractivity contribution in [1.82, 2.24) is 10.3 Å². The molecule has 0 radical (unpaired) electrons. The third-order valence-electron chi connectivity index (χ3n) is 1.89. The van der Waals surface area contributed by atoms with Crippen molar-refractivity contribution in [3.05, 3.63) is 0 Å². The molecule has 14 heavy (non-hydrogen) atoms. The average Bonchev–Trinajstić information content (AvgIpc) is 2.21. The third-order valence-corrected chi connectivity index (χ3v) is 2.49. The Balaban J connectivity index is 3.90. The first kappa shape index (κ1) is 13.6. The summed E-state index contributed by atoms with van der Waals surface area (Å²) in [6.45, 7) is 3.97.